The highest BCUT2D eigenvalue weighted by atomic mass is 32.1. The number of nitrogens with one attached hydrogen (secondary N) is 1. The Morgan fingerprint density at radius 3 is 2.75 bits per heavy atom. The van der Waals surface area contributed by atoms with Crippen molar-refractivity contribution in [2.75, 3.05) is 7.11 Å². The third-order valence-corrected chi connectivity index (χ3v) is 5.60. The number of esters is 1. The minimum atomic E-state index is -4.17. The number of hydrogen-bond donors (Lipinski definition) is 1. The number of benzene rings is 1. The van der Waals surface area contributed by atoms with Crippen LogP contribution in [0.15, 0.2) is 46.0 Å². The molecule has 10 heteroatoms. The molecule has 28 heavy (non-hydrogen) atoms. The van der Waals surface area contributed by atoms with Gasteiger partial charge in [0.05, 0.1) is 12.7 Å². The molecule has 4 rings (SSSR count). The Morgan fingerprint density at radius 1 is 1.36 bits per heavy atom. The number of nitrogens with zero attached hydrogens (tertiary/aromatic N) is 2. The molecule has 0 fully saturated rings. The van der Waals surface area contributed by atoms with Gasteiger partial charge in [0.15, 0.2) is 22.6 Å². The van der Waals surface area contributed by atoms with Gasteiger partial charge in [-0.15, -0.1) is 11.3 Å². The number of thiazole rings is 1. The lowest BCUT2D eigenvalue weighted by Gasteiger charge is -2.38. The molecule has 0 radical (unpaired) electrons. The molecule has 0 bridgehead atoms. The Balaban J connectivity index is 2.09. The van der Waals surface area contributed by atoms with Gasteiger partial charge >= 0.3 is 11.9 Å². The van der Waals surface area contributed by atoms with Crippen LogP contribution in [0, 0.1) is 5.82 Å². The van der Waals surface area contributed by atoms with Crippen molar-refractivity contribution in [1.29, 1.82) is 0 Å². The molecular weight excluding hydrogens is 398 g/mol. The Kier molecular flexibility index (Phi) is 4.07. The number of aromatic nitrogens is 1. The molecule has 1 aromatic heterocycles. The van der Waals surface area contributed by atoms with Gasteiger partial charge in [-0.05, 0) is 24.6 Å². The number of carbonyl (C=O) groups is 1. The first kappa shape index (κ1) is 18.6. The zero-order chi connectivity index (χ0) is 20.3. The van der Waals surface area contributed by atoms with E-state index in [2.05, 4.69) is 15.3 Å². The number of rotatable bonds is 2. The largest absolute Gasteiger partial charge is 0.466 e. The van der Waals surface area contributed by atoms with Gasteiger partial charge in [-0.25, -0.2) is 23.6 Å². The quantitative estimate of drug-likeness (QED) is 0.606. The number of alkyl halides is 3. The van der Waals surface area contributed by atoms with Crippen molar-refractivity contribution in [2.24, 2.45) is 4.99 Å². The summed E-state index contributed by atoms with van der Waals surface area (Å²) in [6, 6.07) is 2.66. The van der Waals surface area contributed by atoms with Crippen LogP contribution in [0.25, 0.3) is 0 Å². The van der Waals surface area contributed by atoms with E-state index in [9.17, 15) is 13.6 Å². The van der Waals surface area contributed by atoms with Gasteiger partial charge < -0.3 is 10.1 Å². The third kappa shape index (κ3) is 2.27. The maximum absolute atomic E-state index is 15.4. The average molecular weight is 411 g/mol. The molecule has 5 nitrogen and oxygen atoms in total. The van der Waals surface area contributed by atoms with Crippen molar-refractivity contribution in [3.63, 3.8) is 0 Å². The van der Waals surface area contributed by atoms with Gasteiger partial charge in [0.1, 0.15) is 5.82 Å². The van der Waals surface area contributed by atoms with E-state index in [1.807, 2.05) is 0 Å². The van der Waals surface area contributed by atoms with Crippen molar-refractivity contribution in [1.82, 2.24) is 10.3 Å². The van der Waals surface area contributed by atoms with Crippen molar-refractivity contribution >= 4 is 23.1 Å². The fourth-order valence-electron chi connectivity index (χ4n) is 3.67. The molecule has 1 aliphatic carbocycles. The third-order valence-electron chi connectivity index (χ3n) is 4.82. The fraction of sp³-hybridized carbons (Fsp3) is 0.278. The number of methoxy groups -OCH3 is 1. The monoisotopic (exact) mass is 411 g/mol. The number of halogens is 4. The molecule has 1 spiro atoms. The van der Waals surface area contributed by atoms with Crippen molar-refractivity contribution < 1.29 is 27.1 Å². The normalized spacial score (nSPS) is 25.4. The number of allylic oxidation sites excluding steroid dienone is 1. The first-order valence-corrected chi connectivity index (χ1v) is 9.00. The van der Waals surface area contributed by atoms with Crippen LogP contribution >= 0.6 is 11.3 Å². The predicted octanol–water partition coefficient (Wildman–Crippen LogP) is 3.63. The first-order valence-electron chi connectivity index (χ1n) is 8.12. The number of ether oxygens (including phenoxy) is 1. The van der Waals surface area contributed by atoms with Crippen LogP contribution in [0.1, 0.15) is 29.2 Å². The van der Waals surface area contributed by atoms with Crippen molar-refractivity contribution in [3.05, 3.63) is 63.0 Å². The van der Waals surface area contributed by atoms with E-state index in [0.29, 0.717) is 6.07 Å². The van der Waals surface area contributed by atoms with E-state index in [-0.39, 0.29) is 22.1 Å². The lowest BCUT2D eigenvalue weighted by atomic mass is 9.79. The number of aliphatic imine (C=N–C) groups is 1. The number of carbonyl (C=O) groups excluding carboxylic acids is 1. The summed E-state index contributed by atoms with van der Waals surface area (Å²) >= 11 is 1.13. The van der Waals surface area contributed by atoms with E-state index in [1.54, 1.807) is 5.38 Å². The number of fused-ring (bicyclic) bond motifs is 2. The highest BCUT2D eigenvalue weighted by molar-refractivity contribution is 7.11. The van der Waals surface area contributed by atoms with Gasteiger partial charge in [-0.2, -0.15) is 8.78 Å². The van der Waals surface area contributed by atoms with Crippen molar-refractivity contribution in [2.45, 2.75) is 24.6 Å². The van der Waals surface area contributed by atoms with Crippen molar-refractivity contribution in [3.8, 4) is 0 Å². The Morgan fingerprint density at radius 2 is 2.11 bits per heavy atom. The van der Waals surface area contributed by atoms with E-state index < -0.39 is 40.6 Å². The van der Waals surface area contributed by atoms with Crippen LogP contribution < -0.4 is 5.32 Å². The summed E-state index contributed by atoms with van der Waals surface area (Å²) in [5, 5.41) is 4.68. The van der Waals surface area contributed by atoms with Gasteiger partial charge in [0, 0.05) is 22.8 Å². The van der Waals surface area contributed by atoms with Gasteiger partial charge in [-0.3, -0.25) is 0 Å². The fourth-order valence-corrected chi connectivity index (χ4v) is 4.26. The minimum absolute atomic E-state index is 0.0242. The summed E-state index contributed by atoms with van der Waals surface area (Å²) in [4.78, 5) is 20.6. The second-order valence-electron chi connectivity index (χ2n) is 6.34. The highest BCUT2D eigenvalue weighted by Crippen LogP contribution is 2.62. The summed E-state index contributed by atoms with van der Waals surface area (Å²) < 4.78 is 64.1. The van der Waals surface area contributed by atoms with Gasteiger partial charge in [0.25, 0.3) is 0 Å². The zero-order valence-corrected chi connectivity index (χ0v) is 15.4. The van der Waals surface area contributed by atoms with Crippen LogP contribution in [0.3, 0.4) is 0 Å². The van der Waals surface area contributed by atoms with E-state index in [1.165, 1.54) is 13.1 Å². The van der Waals surface area contributed by atoms with Crippen LogP contribution in [0.5, 0.6) is 0 Å². The maximum atomic E-state index is 15.4. The molecule has 0 saturated heterocycles. The average Bonchev–Trinajstić information content (AvgIpc) is 3.24. The predicted molar refractivity (Wildman–Crippen MR) is 93.4 cm³/mol. The lowest BCUT2D eigenvalue weighted by molar-refractivity contribution is -0.144. The number of hydrogen-bond acceptors (Lipinski definition) is 6. The van der Waals surface area contributed by atoms with Crippen LogP contribution in [-0.4, -0.2) is 29.8 Å². The molecule has 2 aliphatic rings. The molecule has 146 valence electrons. The molecule has 0 amide bonds. The molecule has 2 heterocycles. The Hall–Kier alpha value is -2.75. The summed E-state index contributed by atoms with van der Waals surface area (Å²) in [6.07, 6.45) is -1.40. The summed E-state index contributed by atoms with van der Waals surface area (Å²) in [5.41, 5.74) is -4.06. The smallest absolute Gasteiger partial charge is 0.338 e. The molecule has 1 aromatic carbocycles. The standard InChI is InChI=1S/C18H13F4N3O2S/c1-8-12(16(26)27-2)17(25-14(24-8)15-23-5-6-28-15)11-4-3-9(19)7-10(11)13(20)18(17,21)22/h3-7,13H,1-2H3,(H,24,25). The zero-order valence-electron chi connectivity index (χ0n) is 14.6. The van der Waals surface area contributed by atoms with E-state index >= 15 is 8.78 Å². The molecular formula is C18H13F4N3O2S. The first-order chi connectivity index (χ1) is 13.2. The van der Waals surface area contributed by atoms with E-state index in [4.69, 9.17) is 4.74 Å². The van der Waals surface area contributed by atoms with Gasteiger partial charge in [-0.1, -0.05) is 6.07 Å². The van der Waals surface area contributed by atoms with Crippen LogP contribution in [0.2, 0.25) is 0 Å². The van der Waals surface area contributed by atoms with E-state index in [0.717, 1.165) is 30.6 Å². The summed E-state index contributed by atoms with van der Waals surface area (Å²) in [7, 11) is 1.03. The Labute approximate surface area is 160 Å². The molecule has 0 saturated carbocycles. The SMILES string of the molecule is COC(=O)C1=C(C)NC(c2nccs2)=NC12c1ccc(F)cc1C(F)C2(F)F. The Bertz CT molecular complexity index is 1040. The van der Waals surface area contributed by atoms with Crippen LogP contribution in [-0.2, 0) is 15.1 Å². The maximum Gasteiger partial charge on any atom is 0.338 e. The van der Waals surface area contributed by atoms with Gasteiger partial charge in [0.2, 0.25) is 0 Å². The molecule has 2 atom stereocenters. The second-order valence-corrected chi connectivity index (χ2v) is 7.24. The summed E-state index contributed by atoms with van der Waals surface area (Å²) in [5.74, 6) is -6.16. The second kappa shape index (κ2) is 6.13. The topological polar surface area (TPSA) is 63.6 Å². The minimum Gasteiger partial charge on any atom is -0.466 e. The molecule has 1 N–H and O–H groups in total. The highest BCUT2D eigenvalue weighted by Gasteiger charge is 2.71. The van der Waals surface area contributed by atoms with Crippen LogP contribution in [0.4, 0.5) is 17.6 Å². The summed E-state index contributed by atoms with van der Waals surface area (Å²) in [6.45, 7) is 1.39. The lowest BCUT2D eigenvalue weighted by Crippen LogP contribution is -2.51. The molecule has 2 unspecified atom stereocenters. The molecule has 1 aliphatic heterocycles. The number of amidine groups is 1. The molecule has 2 aromatic rings.